The highest BCUT2D eigenvalue weighted by Crippen LogP contribution is 2.28. The number of H-pyrrole nitrogens is 1. The van der Waals surface area contributed by atoms with Crippen molar-refractivity contribution in [3.63, 3.8) is 0 Å². The zero-order valence-corrected chi connectivity index (χ0v) is 12.1. The molecule has 21 heavy (non-hydrogen) atoms. The maximum absolute atomic E-state index is 12.2. The first-order chi connectivity index (χ1) is 10.1. The van der Waals surface area contributed by atoms with Crippen molar-refractivity contribution >= 4 is 34.7 Å². The molecular weight excluding hydrogens is 290 g/mol. The van der Waals surface area contributed by atoms with E-state index in [9.17, 15) is 14.7 Å². The average molecular weight is 305 g/mol. The minimum absolute atomic E-state index is 0.144. The lowest BCUT2D eigenvalue weighted by molar-refractivity contribution is -0.146. The van der Waals surface area contributed by atoms with E-state index < -0.39 is 11.5 Å². The highest BCUT2D eigenvalue weighted by atomic mass is 32.2. The van der Waals surface area contributed by atoms with Crippen molar-refractivity contribution in [2.45, 2.75) is 18.4 Å². The number of nitrogens with zero attached hydrogens (tertiary/aromatic N) is 1. The predicted octanol–water partition coefficient (Wildman–Crippen LogP) is 1.18. The van der Waals surface area contributed by atoms with Crippen molar-refractivity contribution in [3.8, 4) is 0 Å². The van der Waals surface area contributed by atoms with E-state index in [1.54, 1.807) is 24.2 Å². The quantitative estimate of drug-likeness (QED) is 0.788. The van der Waals surface area contributed by atoms with Crippen LogP contribution in [0.1, 0.15) is 12.0 Å². The van der Waals surface area contributed by atoms with Crippen LogP contribution in [0.3, 0.4) is 0 Å². The summed E-state index contributed by atoms with van der Waals surface area (Å²) in [4.78, 5) is 30.8. The summed E-state index contributed by atoms with van der Waals surface area (Å²) in [6.45, 7) is 0. The van der Waals surface area contributed by atoms with Gasteiger partial charge in [-0.15, -0.1) is 0 Å². The van der Waals surface area contributed by atoms with E-state index in [1.165, 1.54) is 0 Å². The molecule has 6 nitrogen and oxygen atoms in total. The molecule has 0 radical (unpaired) electrons. The Balaban J connectivity index is 1.76. The molecule has 3 heterocycles. The van der Waals surface area contributed by atoms with Crippen LogP contribution in [-0.4, -0.2) is 44.0 Å². The summed E-state index contributed by atoms with van der Waals surface area (Å²) < 4.78 is 0. The Kier molecular flexibility index (Phi) is 3.59. The van der Waals surface area contributed by atoms with Gasteiger partial charge in [-0.3, -0.25) is 4.79 Å². The van der Waals surface area contributed by atoms with Gasteiger partial charge in [-0.25, -0.2) is 9.78 Å². The van der Waals surface area contributed by atoms with Gasteiger partial charge in [-0.05, 0) is 29.9 Å². The molecule has 3 rings (SSSR count). The monoisotopic (exact) mass is 305 g/mol. The Morgan fingerprint density at radius 1 is 1.52 bits per heavy atom. The number of carbonyl (C=O) groups is 2. The van der Waals surface area contributed by atoms with E-state index >= 15 is 0 Å². The molecule has 1 atom stereocenters. The summed E-state index contributed by atoms with van der Waals surface area (Å²) >= 11 is 1.55. The van der Waals surface area contributed by atoms with Gasteiger partial charge in [-0.2, -0.15) is 11.8 Å². The van der Waals surface area contributed by atoms with Crippen molar-refractivity contribution in [3.05, 3.63) is 30.1 Å². The molecule has 110 valence electrons. The van der Waals surface area contributed by atoms with Crippen molar-refractivity contribution < 1.29 is 14.7 Å². The summed E-state index contributed by atoms with van der Waals surface area (Å²) in [5.74, 6) is -0.0568. The first kappa shape index (κ1) is 13.9. The lowest BCUT2D eigenvalue weighted by Gasteiger charge is -2.24. The van der Waals surface area contributed by atoms with Crippen LogP contribution in [0, 0.1) is 0 Å². The first-order valence-corrected chi connectivity index (χ1v) is 7.79. The number of fused-ring (bicyclic) bond motifs is 1. The number of thioether (sulfide) groups is 1. The summed E-state index contributed by atoms with van der Waals surface area (Å²) in [7, 11) is 0. The second kappa shape index (κ2) is 5.40. The molecule has 3 N–H and O–H groups in total. The molecule has 1 unspecified atom stereocenters. The number of aliphatic carboxylic acids is 1. The number of aromatic amines is 1. The molecule has 0 saturated carbocycles. The fourth-order valence-corrected chi connectivity index (χ4v) is 3.85. The number of carboxylic acids is 1. The van der Waals surface area contributed by atoms with E-state index in [1.807, 2.05) is 12.1 Å². The molecule has 0 spiro atoms. The van der Waals surface area contributed by atoms with Crippen LogP contribution < -0.4 is 5.32 Å². The summed E-state index contributed by atoms with van der Waals surface area (Å²) in [6.07, 6.45) is 4.03. The molecule has 0 aromatic carbocycles. The zero-order valence-electron chi connectivity index (χ0n) is 11.3. The van der Waals surface area contributed by atoms with Gasteiger partial charge in [0.1, 0.15) is 11.2 Å². The first-order valence-electron chi connectivity index (χ1n) is 6.64. The van der Waals surface area contributed by atoms with E-state index in [-0.39, 0.29) is 12.3 Å². The van der Waals surface area contributed by atoms with Gasteiger partial charge in [0.05, 0.1) is 6.42 Å². The molecule has 1 saturated heterocycles. The van der Waals surface area contributed by atoms with E-state index in [4.69, 9.17) is 0 Å². The van der Waals surface area contributed by atoms with Crippen molar-refractivity contribution in [2.24, 2.45) is 0 Å². The predicted molar refractivity (Wildman–Crippen MR) is 80.2 cm³/mol. The highest BCUT2D eigenvalue weighted by molar-refractivity contribution is 7.99. The molecular formula is C14H15N3O3S. The van der Waals surface area contributed by atoms with Crippen molar-refractivity contribution in [2.75, 3.05) is 11.5 Å². The Bertz CT molecular complexity index is 692. The van der Waals surface area contributed by atoms with Crippen molar-refractivity contribution in [1.29, 1.82) is 0 Å². The van der Waals surface area contributed by atoms with Gasteiger partial charge < -0.3 is 15.4 Å². The Morgan fingerprint density at radius 3 is 3.10 bits per heavy atom. The van der Waals surface area contributed by atoms with Crippen LogP contribution in [0.25, 0.3) is 11.0 Å². The summed E-state index contributed by atoms with van der Waals surface area (Å²) in [6, 6.07) is 3.70. The molecule has 1 aliphatic heterocycles. The number of carboxylic acid groups (broad SMARTS) is 1. The molecule has 7 heteroatoms. The topological polar surface area (TPSA) is 95.1 Å². The normalized spacial score (nSPS) is 21.5. The van der Waals surface area contributed by atoms with Crippen LogP contribution in [0.4, 0.5) is 0 Å². The number of rotatable bonds is 4. The van der Waals surface area contributed by atoms with Gasteiger partial charge in [0.15, 0.2) is 0 Å². The number of hydrogen-bond donors (Lipinski definition) is 3. The molecule has 0 aliphatic carbocycles. The maximum Gasteiger partial charge on any atom is 0.330 e. The van der Waals surface area contributed by atoms with Crippen molar-refractivity contribution in [1.82, 2.24) is 15.3 Å². The second-order valence-electron chi connectivity index (χ2n) is 5.13. The molecule has 1 aliphatic rings. The fraction of sp³-hybridized carbons (Fsp3) is 0.357. The lowest BCUT2D eigenvalue weighted by Crippen LogP contribution is -2.55. The Morgan fingerprint density at radius 2 is 2.38 bits per heavy atom. The molecule has 1 fully saturated rings. The minimum Gasteiger partial charge on any atom is -0.479 e. The third kappa shape index (κ3) is 2.61. The van der Waals surface area contributed by atoms with Crippen LogP contribution in [0.15, 0.2) is 24.5 Å². The summed E-state index contributed by atoms with van der Waals surface area (Å²) in [5, 5.41) is 13.0. The maximum atomic E-state index is 12.2. The molecule has 0 bridgehead atoms. The van der Waals surface area contributed by atoms with Crippen LogP contribution in [0.2, 0.25) is 0 Å². The number of nitrogens with one attached hydrogen (secondary N) is 2. The lowest BCUT2D eigenvalue weighted by atomic mass is 9.98. The third-order valence-corrected chi connectivity index (χ3v) is 4.89. The third-order valence-electron chi connectivity index (χ3n) is 3.70. The number of carbonyl (C=O) groups excluding carboxylic acids is 1. The van der Waals surface area contributed by atoms with Gasteiger partial charge in [-0.1, -0.05) is 0 Å². The fourth-order valence-electron chi connectivity index (χ4n) is 2.53. The van der Waals surface area contributed by atoms with Crippen LogP contribution in [-0.2, 0) is 16.0 Å². The Hall–Kier alpha value is -2.02. The van der Waals surface area contributed by atoms with Gasteiger partial charge >= 0.3 is 5.97 Å². The van der Waals surface area contributed by atoms with Gasteiger partial charge in [0.25, 0.3) is 0 Å². The molecule has 2 aromatic rings. The average Bonchev–Trinajstić information content (AvgIpc) is 3.08. The Labute approximate surface area is 125 Å². The summed E-state index contributed by atoms with van der Waals surface area (Å²) in [5.41, 5.74) is 0.429. The van der Waals surface area contributed by atoms with E-state index in [0.29, 0.717) is 12.2 Å². The number of amides is 1. The zero-order chi connectivity index (χ0) is 14.9. The SMILES string of the molecule is O=C(Cc1c[nH]c2ncccc12)NC1(C(=O)O)CCSC1. The smallest absolute Gasteiger partial charge is 0.330 e. The second-order valence-corrected chi connectivity index (χ2v) is 6.23. The molecule has 2 aromatic heterocycles. The number of hydrogen-bond acceptors (Lipinski definition) is 4. The van der Waals surface area contributed by atoms with E-state index in [2.05, 4.69) is 15.3 Å². The minimum atomic E-state index is -1.12. The standard InChI is InChI=1S/C14H15N3O3S/c18-11(17-14(13(19)20)3-5-21-8-14)6-9-7-16-12-10(9)2-1-4-15-12/h1-2,4,7H,3,5-6,8H2,(H,15,16)(H,17,18)(H,19,20). The number of aromatic nitrogens is 2. The van der Waals surface area contributed by atoms with Crippen LogP contribution >= 0.6 is 11.8 Å². The van der Waals surface area contributed by atoms with Gasteiger partial charge in [0.2, 0.25) is 5.91 Å². The van der Waals surface area contributed by atoms with Gasteiger partial charge in [0, 0.05) is 23.5 Å². The molecule has 1 amide bonds. The van der Waals surface area contributed by atoms with E-state index in [0.717, 1.165) is 22.3 Å². The largest absolute Gasteiger partial charge is 0.479 e. The highest BCUT2D eigenvalue weighted by Gasteiger charge is 2.43. The van der Waals surface area contributed by atoms with Crippen LogP contribution in [0.5, 0.6) is 0 Å². The number of pyridine rings is 1.